The molecular formula is C43H37N5O. The average Bonchev–Trinajstić information content (AvgIpc) is 3.64. The Morgan fingerprint density at radius 2 is 1.39 bits per heavy atom. The topological polar surface area (TPSA) is 57.3 Å². The Bertz CT molecular complexity index is 2420. The first-order valence-corrected chi connectivity index (χ1v) is 16.6. The highest BCUT2D eigenvalue weighted by atomic mass is 16.5. The highest BCUT2D eigenvalue weighted by Gasteiger charge is 2.30. The lowest BCUT2D eigenvalue weighted by Gasteiger charge is -2.25. The van der Waals surface area contributed by atoms with Gasteiger partial charge >= 0.3 is 0 Å². The molecule has 0 N–H and O–H groups in total. The third-order valence-electron chi connectivity index (χ3n) is 9.49. The van der Waals surface area contributed by atoms with Crippen LogP contribution in [-0.2, 0) is 5.41 Å². The van der Waals surface area contributed by atoms with Gasteiger partial charge in [-0.1, -0.05) is 57.2 Å². The smallest absolute Gasteiger partial charge is 0.137 e. The molecule has 7 aromatic rings. The summed E-state index contributed by atoms with van der Waals surface area (Å²) in [5.41, 5.74) is 10.7. The third-order valence-corrected chi connectivity index (χ3v) is 9.49. The molecule has 0 atom stereocenters. The van der Waals surface area contributed by atoms with Crippen LogP contribution in [0.3, 0.4) is 0 Å². The number of benzene rings is 5. The van der Waals surface area contributed by atoms with Gasteiger partial charge in [-0.2, -0.15) is 5.26 Å². The minimum absolute atomic E-state index is 0.00228. The summed E-state index contributed by atoms with van der Waals surface area (Å²) >= 11 is 0. The first kappa shape index (κ1) is 30.3. The first-order chi connectivity index (χ1) is 23.7. The van der Waals surface area contributed by atoms with Crippen LogP contribution in [0.25, 0.3) is 27.6 Å². The Morgan fingerprint density at radius 3 is 2.14 bits per heavy atom. The van der Waals surface area contributed by atoms with Crippen molar-refractivity contribution in [2.75, 3.05) is 16.5 Å². The lowest BCUT2D eigenvalue weighted by atomic mass is 9.88. The summed E-state index contributed by atoms with van der Waals surface area (Å²) in [6.07, 6.45) is 1.91. The van der Waals surface area contributed by atoms with Gasteiger partial charge < -0.3 is 14.5 Å². The Labute approximate surface area is 287 Å². The zero-order valence-electron chi connectivity index (χ0n) is 28.4. The number of hydrogen-bond acceptors (Lipinski definition) is 5. The predicted molar refractivity (Wildman–Crippen MR) is 200 cm³/mol. The molecular weight excluding hydrogens is 603 g/mol. The minimum Gasteiger partial charge on any atom is -0.457 e. The molecule has 5 aromatic carbocycles. The van der Waals surface area contributed by atoms with Crippen molar-refractivity contribution in [1.82, 2.24) is 9.55 Å². The van der Waals surface area contributed by atoms with Gasteiger partial charge in [0.15, 0.2) is 0 Å². The number of ether oxygens (including phenoxy) is 1. The van der Waals surface area contributed by atoms with E-state index in [2.05, 4.69) is 140 Å². The maximum atomic E-state index is 9.52. The molecule has 49 heavy (non-hydrogen) atoms. The van der Waals surface area contributed by atoms with Crippen molar-refractivity contribution in [2.45, 2.75) is 40.0 Å². The monoisotopic (exact) mass is 639 g/mol. The Kier molecular flexibility index (Phi) is 7.15. The summed E-state index contributed by atoms with van der Waals surface area (Å²) in [5, 5.41) is 11.9. The van der Waals surface area contributed by atoms with E-state index in [-0.39, 0.29) is 5.41 Å². The largest absolute Gasteiger partial charge is 0.457 e. The van der Waals surface area contributed by atoms with Crippen molar-refractivity contribution in [3.05, 3.63) is 144 Å². The van der Waals surface area contributed by atoms with Crippen LogP contribution in [-0.4, -0.2) is 16.2 Å². The summed E-state index contributed by atoms with van der Waals surface area (Å²) in [4.78, 5) is 9.48. The lowest BCUT2D eigenvalue weighted by Crippen LogP contribution is -2.25. The maximum absolute atomic E-state index is 9.52. The Morgan fingerprint density at radius 1 is 0.694 bits per heavy atom. The van der Waals surface area contributed by atoms with Crippen molar-refractivity contribution in [3.8, 4) is 23.4 Å². The number of anilines is 4. The van der Waals surface area contributed by atoms with E-state index in [1.54, 1.807) is 0 Å². The van der Waals surface area contributed by atoms with E-state index >= 15 is 0 Å². The summed E-state index contributed by atoms with van der Waals surface area (Å²) in [6.45, 7) is 11.5. The minimum atomic E-state index is 0.00228. The van der Waals surface area contributed by atoms with E-state index in [1.807, 2.05) is 36.5 Å². The van der Waals surface area contributed by atoms with Crippen LogP contribution in [0.2, 0.25) is 0 Å². The summed E-state index contributed by atoms with van der Waals surface area (Å²) in [5.74, 6) is 2.41. The molecule has 0 bridgehead atoms. The molecule has 2 aromatic heterocycles. The van der Waals surface area contributed by atoms with Gasteiger partial charge in [-0.05, 0) is 103 Å². The first-order valence-electron chi connectivity index (χ1n) is 16.6. The normalized spacial score (nSPS) is 12.8. The molecule has 3 heterocycles. The number of aryl methyl sites for hydroxylation is 2. The molecule has 8 rings (SSSR count). The van der Waals surface area contributed by atoms with Crippen LogP contribution < -0.4 is 14.5 Å². The van der Waals surface area contributed by atoms with Gasteiger partial charge in [0.25, 0.3) is 0 Å². The fourth-order valence-corrected chi connectivity index (χ4v) is 7.19. The second kappa shape index (κ2) is 11.6. The molecule has 1 aliphatic heterocycles. The van der Waals surface area contributed by atoms with E-state index in [9.17, 15) is 5.26 Å². The zero-order chi connectivity index (χ0) is 33.9. The van der Waals surface area contributed by atoms with Gasteiger partial charge in [-0.15, -0.1) is 0 Å². The fraction of sp³-hybridized carbons (Fsp3) is 0.163. The number of rotatable bonds is 5. The summed E-state index contributed by atoms with van der Waals surface area (Å²) in [6, 6.07) is 42.1. The van der Waals surface area contributed by atoms with Crippen LogP contribution in [0, 0.1) is 25.2 Å². The Hall–Kier alpha value is -6.06. The quantitative estimate of drug-likeness (QED) is 0.188. The molecule has 6 heteroatoms. The van der Waals surface area contributed by atoms with Crippen LogP contribution in [0.5, 0.6) is 11.5 Å². The number of aromatic nitrogens is 2. The zero-order valence-corrected chi connectivity index (χ0v) is 28.4. The highest BCUT2D eigenvalue weighted by molar-refractivity contribution is 6.09. The van der Waals surface area contributed by atoms with E-state index in [0.29, 0.717) is 12.2 Å². The van der Waals surface area contributed by atoms with Gasteiger partial charge in [-0.3, -0.25) is 4.57 Å². The van der Waals surface area contributed by atoms with Crippen LogP contribution >= 0.6 is 0 Å². The molecule has 0 amide bonds. The van der Waals surface area contributed by atoms with Crippen molar-refractivity contribution >= 4 is 44.6 Å². The molecule has 0 spiro atoms. The van der Waals surface area contributed by atoms with E-state index in [0.717, 1.165) is 67.6 Å². The molecule has 0 saturated carbocycles. The maximum Gasteiger partial charge on any atom is 0.137 e. The number of pyridine rings is 1. The number of para-hydroxylation sites is 3. The molecule has 0 radical (unpaired) electrons. The highest BCUT2D eigenvalue weighted by Crippen LogP contribution is 2.46. The van der Waals surface area contributed by atoms with Crippen LogP contribution in [0.15, 0.2) is 121 Å². The second-order valence-electron chi connectivity index (χ2n) is 13.8. The van der Waals surface area contributed by atoms with Gasteiger partial charge in [0.05, 0.1) is 34.0 Å². The van der Waals surface area contributed by atoms with Crippen LogP contribution in [0.1, 0.15) is 43.0 Å². The van der Waals surface area contributed by atoms with E-state index in [1.165, 1.54) is 10.9 Å². The number of hydrogen-bond donors (Lipinski definition) is 0. The van der Waals surface area contributed by atoms with Gasteiger partial charge in [0, 0.05) is 40.5 Å². The summed E-state index contributed by atoms with van der Waals surface area (Å²) < 4.78 is 8.85. The third kappa shape index (κ3) is 5.25. The molecule has 6 nitrogen and oxygen atoms in total. The van der Waals surface area contributed by atoms with Crippen molar-refractivity contribution in [3.63, 3.8) is 0 Å². The predicted octanol–water partition coefficient (Wildman–Crippen LogP) is 11.0. The molecule has 0 fully saturated rings. The Balaban J connectivity index is 1.16. The molecule has 240 valence electrons. The number of nitrogens with zero attached hydrogens (tertiary/aromatic N) is 5. The van der Waals surface area contributed by atoms with Crippen molar-refractivity contribution in [1.29, 1.82) is 5.26 Å². The SMILES string of the molecule is Cc1cc(C#N)cc(C)c1N1CN(c2cccc(Oc3ccc4c5ccccc5n(-c5cc(C(C)(C)C)ccn5)c4c3)c2)c2ccccc21. The van der Waals surface area contributed by atoms with E-state index < -0.39 is 0 Å². The molecule has 0 saturated heterocycles. The van der Waals surface area contributed by atoms with Crippen LogP contribution in [0.4, 0.5) is 22.7 Å². The number of fused-ring (bicyclic) bond motifs is 4. The van der Waals surface area contributed by atoms with Crippen molar-refractivity contribution < 1.29 is 4.74 Å². The van der Waals surface area contributed by atoms with Gasteiger partial charge in [0.2, 0.25) is 0 Å². The molecule has 0 unspecified atom stereocenters. The average molecular weight is 640 g/mol. The summed E-state index contributed by atoms with van der Waals surface area (Å²) in [7, 11) is 0. The van der Waals surface area contributed by atoms with Gasteiger partial charge in [-0.25, -0.2) is 4.98 Å². The van der Waals surface area contributed by atoms with Crippen molar-refractivity contribution in [2.24, 2.45) is 0 Å². The molecule has 0 aliphatic carbocycles. The fourth-order valence-electron chi connectivity index (χ4n) is 7.19. The lowest BCUT2D eigenvalue weighted by molar-refractivity contribution is 0.483. The van der Waals surface area contributed by atoms with Gasteiger partial charge in [0.1, 0.15) is 24.0 Å². The van der Waals surface area contributed by atoms with E-state index in [4.69, 9.17) is 9.72 Å². The number of nitriles is 1. The standard InChI is InChI=1S/C43H37N5O/c1-28-21-30(26-44)22-29(2)42(28)47-27-46(38-15-8-9-16-39(38)47)32-11-10-12-33(24-32)49-34-17-18-36-35-13-6-7-14-37(35)48(40(36)25-34)41-23-31(19-20-45-41)43(3,4)5/h6-25H,27H2,1-5H3. The second-order valence-corrected chi connectivity index (χ2v) is 13.8. The molecule has 1 aliphatic rings.